The fourth-order valence-corrected chi connectivity index (χ4v) is 3.95. The van der Waals surface area contributed by atoms with Gasteiger partial charge in [-0.25, -0.2) is 8.78 Å². The maximum absolute atomic E-state index is 13.2. The van der Waals surface area contributed by atoms with E-state index in [0.717, 1.165) is 0 Å². The molecule has 0 radical (unpaired) electrons. The van der Waals surface area contributed by atoms with Gasteiger partial charge < -0.3 is 9.80 Å². The third-order valence-corrected chi connectivity index (χ3v) is 5.75. The number of alkyl halides is 5. The van der Waals surface area contributed by atoms with Gasteiger partial charge in [-0.05, 0) is 30.9 Å². The molecule has 2 aliphatic heterocycles. The number of likely N-dealkylation sites (tertiary alicyclic amines) is 1. The Morgan fingerprint density at radius 2 is 1.73 bits per heavy atom. The molecule has 7 nitrogen and oxygen atoms in total. The molecular weight excluding hydrogens is 411 g/mol. The van der Waals surface area contributed by atoms with Crippen LogP contribution >= 0.6 is 0 Å². The number of piperidine rings is 2. The Labute approximate surface area is 168 Å². The molecule has 0 N–H and O–H groups in total. The molecule has 0 bridgehead atoms. The van der Waals surface area contributed by atoms with Gasteiger partial charge in [0.05, 0.1) is 0 Å². The first kappa shape index (κ1) is 20.7. The zero-order valence-corrected chi connectivity index (χ0v) is 16.1. The van der Waals surface area contributed by atoms with E-state index < -0.39 is 17.9 Å². The van der Waals surface area contributed by atoms with Crippen molar-refractivity contribution in [3.8, 4) is 0 Å². The SMILES string of the molecule is O=C(CC1CCN(c2ccc3nnc(C(F)(F)F)n3n2)CC1)N1CCC(F)(F)CC1. The highest BCUT2D eigenvalue weighted by atomic mass is 19.4. The zero-order valence-electron chi connectivity index (χ0n) is 16.1. The zero-order chi connectivity index (χ0) is 21.5. The van der Waals surface area contributed by atoms with Crippen molar-refractivity contribution < 1.29 is 26.7 Å². The molecule has 12 heteroatoms. The Balaban J connectivity index is 1.35. The highest BCUT2D eigenvalue weighted by Gasteiger charge is 2.38. The largest absolute Gasteiger partial charge is 0.453 e. The Kier molecular flexibility index (Phi) is 5.27. The number of halogens is 5. The van der Waals surface area contributed by atoms with Gasteiger partial charge >= 0.3 is 6.18 Å². The van der Waals surface area contributed by atoms with E-state index in [0.29, 0.717) is 42.7 Å². The van der Waals surface area contributed by atoms with Crippen LogP contribution in [-0.2, 0) is 11.0 Å². The normalized spacial score (nSPS) is 20.7. The summed E-state index contributed by atoms with van der Waals surface area (Å²) in [5.41, 5.74) is 0.0127. The predicted octanol–water partition coefficient (Wildman–Crippen LogP) is 3.01. The summed E-state index contributed by atoms with van der Waals surface area (Å²) in [6.07, 6.45) is -3.61. The maximum Gasteiger partial charge on any atom is 0.453 e. The molecule has 0 unspecified atom stereocenters. The summed E-state index contributed by atoms with van der Waals surface area (Å²) in [6.45, 7) is 1.24. The summed E-state index contributed by atoms with van der Waals surface area (Å²) in [6, 6.07) is 3.04. The number of anilines is 1. The van der Waals surface area contributed by atoms with Gasteiger partial charge in [-0.3, -0.25) is 4.79 Å². The molecule has 164 valence electrons. The van der Waals surface area contributed by atoms with E-state index in [1.807, 2.05) is 4.90 Å². The molecular formula is C18H21F5N6O. The van der Waals surface area contributed by atoms with Crippen LogP contribution in [0.2, 0.25) is 0 Å². The van der Waals surface area contributed by atoms with E-state index in [1.165, 1.54) is 11.0 Å². The van der Waals surface area contributed by atoms with Crippen LogP contribution in [0.5, 0.6) is 0 Å². The molecule has 2 fully saturated rings. The van der Waals surface area contributed by atoms with Gasteiger partial charge in [-0.2, -0.15) is 17.7 Å². The Bertz CT molecular complexity index is 911. The topological polar surface area (TPSA) is 66.6 Å². The van der Waals surface area contributed by atoms with Crippen molar-refractivity contribution in [2.75, 3.05) is 31.1 Å². The average molecular weight is 432 g/mol. The van der Waals surface area contributed by atoms with E-state index >= 15 is 0 Å². The van der Waals surface area contributed by atoms with Gasteiger partial charge in [0, 0.05) is 45.4 Å². The molecule has 1 amide bonds. The van der Waals surface area contributed by atoms with Gasteiger partial charge in [-0.1, -0.05) is 0 Å². The van der Waals surface area contributed by atoms with E-state index in [1.54, 1.807) is 6.07 Å². The van der Waals surface area contributed by atoms with Crippen molar-refractivity contribution in [3.05, 3.63) is 18.0 Å². The van der Waals surface area contributed by atoms with Crippen LogP contribution in [0.25, 0.3) is 5.65 Å². The van der Waals surface area contributed by atoms with Crippen LogP contribution in [0.15, 0.2) is 12.1 Å². The molecule has 0 saturated carbocycles. The van der Waals surface area contributed by atoms with Crippen LogP contribution in [-0.4, -0.2) is 62.7 Å². The first-order valence-electron chi connectivity index (χ1n) is 9.83. The van der Waals surface area contributed by atoms with Gasteiger partial charge in [0.2, 0.25) is 5.91 Å². The van der Waals surface area contributed by atoms with Crippen molar-refractivity contribution >= 4 is 17.4 Å². The number of hydrogen-bond donors (Lipinski definition) is 0. The lowest BCUT2D eigenvalue weighted by Gasteiger charge is -2.35. The Hall–Kier alpha value is -2.53. The number of amides is 1. The molecule has 2 aromatic rings. The first-order chi connectivity index (χ1) is 14.1. The van der Waals surface area contributed by atoms with Crippen LogP contribution in [0.4, 0.5) is 27.8 Å². The Morgan fingerprint density at radius 1 is 1.07 bits per heavy atom. The number of hydrogen-bond acceptors (Lipinski definition) is 5. The van der Waals surface area contributed by atoms with Crippen molar-refractivity contribution in [3.63, 3.8) is 0 Å². The molecule has 0 aliphatic carbocycles. The van der Waals surface area contributed by atoms with Crippen LogP contribution in [0.1, 0.15) is 37.9 Å². The standard InChI is InChI=1S/C18H21F5N6O/c19-17(20)5-9-28(10-6-17)15(30)11-12-3-7-27(8-4-12)14-2-1-13-24-25-16(18(21,22)23)29(13)26-14/h1-2,12H,3-11H2. The smallest absolute Gasteiger partial charge is 0.355 e. The number of fused-ring (bicyclic) bond motifs is 1. The molecule has 2 aromatic heterocycles. The molecule has 4 rings (SSSR count). The summed E-state index contributed by atoms with van der Waals surface area (Å²) in [5.74, 6) is -3.47. The highest BCUT2D eigenvalue weighted by Crippen LogP contribution is 2.31. The van der Waals surface area contributed by atoms with Crippen molar-refractivity contribution in [1.29, 1.82) is 0 Å². The fourth-order valence-electron chi connectivity index (χ4n) is 3.95. The van der Waals surface area contributed by atoms with Gasteiger partial charge in [0.1, 0.15) is 5.82 Å². The summed E-state index contributed by atoms with van der Waals surface area (Å²) < 4.78 is 66.3. The second-order valence-electron chi connectivity index (χ2n) is 7.85. The molecule has 30 heavy (non-hydrogen) atoms. The third-order valence-electron chi connectivity index (χ3n) is 5.75. The average Bonchev–Trinajstić information content (AvgIpc) is 3.12. The highest BCUT2D eigenvalue weighted by molar-refractivity contribution is 5.76. The molecule has 0 atom stereocenters. The minimum atomic E-state index is -4.66. The molecule has 4 heterocycles. The fraction of sp³-hybridized carbons (Fsp3) is 0.667. The van der Waals surface area contributed by atoms with E-state index in [4.69, 9.17) is 0 Å². The Morgan fingerprint density at radius 3 is 2.37 bits per heavy atom. The predicted molar refractivity (Wildman–Crippen MR) is 96.1 cm³/mol. The third kappa shape index (κ3) is 4.31. The minimum absolute atomic E-state index is 0.0127. The first-order valence-corrected chi connectivity index (χ1v) is 9.83. The van der Waals surface area contributed by atoms with Crippen molar-refractivity contribution in [1.82, 2.24) is 24.7 Å². The second kappa shape index (κ2) is 7.62. The number of aromatic nitrogens is 4. The molecule has 2 saturated heterocycles. The number of carbonyl (C=O) groups excluding carboxylic acids is 1. The lowest BCUT2D eigenvalue weighted by Crippen LogP contribution is -2.44. The van der Waals surface area contributed by atoms with Crippen molar-refractivity contribution in [2.45, 2.75) is 44.2 Å². The van der Waals surface area contributed by atoms with Gasteiger partial charge in [0.25, 0.3) is 11.7 Å². The van der Waals surface area contributed by atoms with Crippen molar-refractivity contribution in [2.24, 2.45) is 5.92 Å². The minimum Gasteiger partial charge on any atom is -0.355 e. The van der Waals surface area contributed by atoms with Gasteiger partial charge in [0.15, 0.2) is 5.65 Å². The van der Waals surface area contributed by atoms with E-state index in [9.17, 15) is 26.7 Å². The second-order valence-corrected chi connectivity index (χ2v) is 7.85. The number of carbonyl (C=O) groups is 1. The lowest BCUT2D eigenvalue weighted by atomic mass is 9.92. The lowest BCUT2D eigenvalue weighted by molar-refractivity contribution is -0.146. The molecule has 0 aromatic carbocycles. The molecule has 2 aliphatic rings. The van der Waals surface area contributed by atoms with E-state index in [-0.39, 0.29) is 43.4 Å². The number of nitrogens with zero attached hydrogens (tertiary/aromatic N) is 6. The maximum atomic E-state index is 13.2. The van der Waals surface area contributed by atoms with Crippen LogP contribution < -0.4 is 4.90 Å². The monoisotopic (exact) mass is 432 g/mol. The van der Waals surface area contributed by atoms with Gasteiger partial charge in [-0.15, -0.1) is 15.3 Å². The molecule has 0 spiro atoms. The summed E-state index contributed by atoms with van der Waals surface area (Å²) in [7, 11) is 0. The van der Waals surface area contributed by atoms with E-state index in [2.05, 4.69) is 15.3 Å². The van der Waals surface area contributed by atoms with Crippen LogP contribution in [0, 0.1) is 5.92 Å². The van der Waals surface area contributed by atoms with Crippen LogP contribution in [0.3, 0.4) is 0 Å². The summed E-state index contributed by atoms with van der Waals surface area (Å²) in [4.78, 5) is 15.8. The number of rotatable bonds is 3. The summed E-state index contributed by atoms with van der Waals surface area (Å²) >= 11 is 0. The quantitative estimate of drug-likeness (QED) is 0.698. The summed E-state index contributed by atoms with van der Waals surface area (Å²) in [5, 5.41) is 10.7.